The highest BCUT2D eigenvalue weighted by atomic mass is 19.1. The molecule has 2 aromatic rings. The van der Waals surface area contributed by atoms with Crippen LogP contribution in [-0.4, -0.2) is 16.0 Å². The molecule has 18 heavy (non-hydrogen) atoms. The smallest absolute Gasteiger partial charge is 0.132 e. The third-order valence-electron chi connectivity index (χ3n) is 2.58. The van der Waals surface area contributed by atoms with Gasteiger partial charge in [0.05, 0.1) is 11.9 Å². The molecule has 2 rings (SSSR count). The van der Waals surface area contributed by atoms with Crippen molar-refractivity contribution in [2.45, 2.75) is 26.4 Å². The fraction of sp³-hybridized carbons (Fsp3) is 0.286. The predicted octanol–water partition coefficient (Wildman–Crippen LogP) is 2.78. The molecule has 1 aromatic heterocycles. The summed E-state index contributed by atoms with van der Waals surface area (Å²) >= 11 is 0. The van der Waals surface area contributed by atoms with Crippen LogP contribution in [0.3, 0.4) is 0 Å². The molecule has 0 aliphatic rings. The lowest BCUT2D eigenvalue weighted by Crippen LogP contribution is -2.21. The molecule has 1 aromatic carbocycles. The monoisotopic (exact) mass is 245 g/mol. The summed E-state index contributed by atoms with van der Waals surface area (Å²) in [4.78, 5) is 8.08. The number of benzene rings is 1. The van der Waals surface area contributed by atoms with Gasteiger partial charge in [0, 0.05) is 30.5 Å². The van der Waals surface area contributed by atoms with Crippen LogP contribution in [0.25, 0.3) is 11.3 Å². The molecule has 4 heteroatoms. The van der Waals surface area contributed by atoms with Crippen LogP contribution in [0.5, 0.6) is 0 Å². The number of hydrogen-bond donors (Lipinski definition) is 1. The van der Waals surface area contributed by atoms with Crippen molar-refractivity contribution in [1.82, 2.24) is 15.3 Å². The maximum Gasteiger partial charge on any atom is 0.132 e. The van der Waals surface area contributed by atoms with E-state index in [2.05, 4.69) is 29.1 Å². The second-order valence-electron chi connectivity index (χ2n) is 4.44. The van der Waals surface area contributed by atoms with Crippen LogP contribution < -0.4 is 5.32 Å². The van der Waals surface area contributed by atoms with E-state index < -0.39 is 0 Å². The molecule has 0 unspecified atom stereocenters. The van der Waals surface area contributed by atoms with Crippen LogP contribution in [-0.2, 0) is 6.54 Å². The standard InChI is InChI=1S/C14H16FN3/c1-10(2)18-8-11-3-4-13(15)12(7-11)14-9-16-5-6-17-14/h3-7,9-10,18H,8H2,1-2H3. The summed E-state index contributed by atoms with van der Waals surface area (Å²) < 4.78 is 13.8. The zero-order valence-corrected chi connectivity index (χ0v) is 10.5. The van der Waals surface area contributed by atoms with E-state index in [1.165, 1.54) is 6.07 Å². The zero-order valence-electron chi connectivity index (χ0n) is 10.5. The van der Waals surface area contributed by atoms with E-state index >= 15 is 0 Å². The lowest BCUT2D eigenvalue weighted by Gasteiger charge is -2.10. The van der Waals surface area contributed by atoms with Crippen molar-refractivity contribution in [2.75, 3.05) is 0 Å². The van der Waals surface area contributed by atoms with Crippen LogP contribution in [0.4, 0.5) is 4.39 Å². The summed E-state index contributed by atoms with van der Waals surface area (Å²) in [6.45, 7) is 4.87. The Balaban J connectivity index is 2.27. The second-order valence-corrected chi connectivity index (χ2v) is 4.44. The van der Waals surface area contributed by atoms with Gasteiger partial charge in [-0.1, -0.05) is 19.9 Å². The average Bonchev–Trinajstić information content (AvgIpc) is 2.38. The first-order chi connectivity index (χ1) is 8.66. The first-order valence-electron chi connectivity index (χ1n) is 5.95. The molecule has 94 valence electrons. The van der Waals surface area contributed by atoms with Crippen LogP contribution >= 0.6 is 0 Å². The highest BCUT2D eigenvalue weighted by Crippen LogP contribution is 2.21. The van der Waals surface area contributed by atoms with Gasteiger partial charge in [-0.15, -0.1) is 0 Å². The molecule has 0 aliphatic heterocycles. The minimum absolute atomic E-state index is 0.274. The molecule has 1 heterocycles. The Hall–Kier alpha value is -1.81. The molecule has 0 bridgehead atoms. The molecule has 0 atom stereocenters. The quantitative estimate of drug-likeness (QED) is 0.900. The van der Waals surface area contributed by atoms with Crippen molar-refractivity contribution in [3.05, 3.63) is 48.2 Å². The van der Waals surface area contributed by atoms with E-state index in [1.807, 2.05) is 6.07 Å². The summed E-state index contributed by atoms with van der Waals surface area (Å²) in [5, 5.41) is 3.30. The summed E-state index contributed by atoms with van der Waals surface area (Å²) in [7, 11) is 0. The van der Waals surface area contributed by atoms with Crippen LogP contribution in [0.15, 0.2) is 36.8 Å². The van der Waals surface area contributed by atoms with Crippen molar-refractivity contribution in [3.8, 4) is 11.3 Å². The molecule has 0 fully saturated rings. The molecule has 3 nitrogen and oxygen atoms in total. The molecule has 0 amide bonds. The Labute approximate surface area is 106 Å². The minimum Gasteiger partial charge on any atom is -0.310 e. The van der Waals surface area contributed by atoms with E-state index in [0.29, 0.717) is 23.8 Å². The van der Waals surface area contributed by atoms with Crippen molar-refractivity contribution in [1.29, 1.82) is 0 Å². The van der Waals surface area contributed by atoms with Gasteiger partial charge < -0.3 is 5.32 Å². The molecule has 0 saturated heterocycles. The first-order valence-corrected chi connectivity index (χ1v) is 5.95. The molecule has 0 aliphatic carbocycles. The lowest BCUT2D eigenvalue weighted by molar-refractivity contribution is 0.586. The Morgan fingerprint density at radius 2 is 2.11 bits per heavy atom. The zero-order chi connectivity index (χ0) is 13.0. The van der Waals surface area contributed by atoms with Gasteiger partial charge in [0.15, 0.2) is 0 Å². The van der Waals surface area contributed by atoms with Gasteiger partial charge in [0.25, 0.3) is 0 Å². The molecular weight excluding hydrogens is 229 g/mol. The van der Waals surface area contributed by atoms with Gasteiger partial charge in [-0.05, 0) is 17.7 Å². The number of rotatable bonds is 4. The van der Waals surface area contributed by atoms with E-state index in [1.54, 1.807) is 24.7 Å². The van der Waals surface area contributed by atoms with Crippen molar-refractivity contribution < 1.29 is 4.39 Å². The van der Waals surface area contributed by atoms with Gasteiger partial charge in [0.2, 0.25) is 0 Å². The molecular formula is C14H16FN3. The Morgan fingerprint density at radius 3 is 2.78 bits per heavy atom. The summed E-state index contributed by atoms with van der Waals surface area (Å²) in [5.41, 5.74) is 2.08. The Morgan fingerprint density at radius 1 is 1.28 bits per heavy atom. The SMILES string of the molecule is CC(C)NCc1ccc(F)c(-c2cnccn2)c1. The third-order valence-corrected chi connectivity index (χ3v) is 2.58. The van der Waals surface area contributed by atoms with Crippen molar-refractivity contribution in [2.24, 2.45) is 0 Å². The Kier molecular flexibility index (Phi) is 3.99. The van der Waals surface area contributed by atoms with Gasteiger partial charge >= 0.3 is 0 Å². The number of nitrogens with zero attached hydrogens (tertiary/aromatic N) is 2. The highest BCUT2D eigenvalue weighted by Gasteiger charge is 2.07. The van der Waals surface area contributed by atoms with Gasteiger partial charge in [-0.25, -0.2) is 4.39 Å². The fourth-order valence-corrected chi connectivity index (χ4v) is 1.64. The summed E-state index contributed by atoms with van der Waals surface area (Å²) in [6, 6.07) is 5.47. The predicted molar refractivity (Wildman–Crippen MR) is 69.4 cm³/mol. The van der Waals surface area contributed by atoms with Gasteiger partial charge in [-0.2, -0.15) is 0 Å². The van der Waals surface area contributed by atoms with Crippen molar-refractivity contribution in [3.63, 3.8) is 0 Å². The van der Waals surface area contributed by atoms with Crippen LogP contribution in [0, 0.1) is 5.82 Å². The third kappa shape index (κ3) is 3.11. The fourth-order valence-electron chi connectivity index (χ4n) is 1.64. The van der Waals surface area contributed by atoms with Gasteiger partial charge in [-0.3, -0.25) is 9.97 Å². The normalized spacial score (nSPS) is 10.9. The summed E-state index contributed by atoms with van der Waals surface area (Å²) in [6.07, 6.45) is 4.71. The molecule has 0 radical (unpaired) electrons. The maximum absolute atomic E-state index is 13.8. The molecule has 0 saturated carbocycles. The number of halogens is 1. The van der Waals surface area contributed by atoms with Crippen molar-refractivity contribution >= 4 is 0 Å². The summed E-state index contributed by atoms with van der Waals surface area (Å²) in [5.74, 6) is -0.274. The first kappa shape index (κ1) is 12.6. The average molecular weight is 245 g/mol. The van der Waals surface area contributed by atoms with Crippen LogP contribution in [0.1, 0.15) is 19.4 Å². The topological polar surface area (TPSA) is 37.8 Å². The van der Waals surface area contributed by atoms with E-state index in [9.17, 15) is 4.39 Å². The van der Waals surface area contributed by atoms with E-state index in [4.69, 9.17) is 0 Å². The highest BCUT2D eigenvalue weighted by molar-refractivity contribution is 5.59. The minimum atomic E-state index is -0.274. The van der Waals surface area contributed by atoms with Gasteiger partial charge in [0.1, 0.15) is 5.82 Å². The van der Waals surface area contributed by atoms with E-state index in [0.717, 1.165) is 5.56 Å². The Bertz CT molecular complexity index is 512. The maximum atomic E-state index is 13.8. The number of hydrogen-bond acceptors (Lipinski definition) is 3. The largest absolute Gasteiger partial charge is 0.310 e. The van der Waals surface area contributed by atoms with E-state index in [-0.39, 0.29) is 5.82 Å². The number of nitrogens with one attached hydrogen (secondary N) is 1. The molecule has 1 N–H and O–H groups in total. The molecule has 0 spiro atoms. The van der Waals surface area contributed by atoms with Crippen LogP contribution in [0.2, 0.25) is 0 Å². The lowest BCUT2D eigenvalue weighted by atomic mass is 10.1. The number of aromatic nitrogens is 2. The second kappa shape index (κ2) is 5.69.